The molecule has 0 bridgehead atoms. The van der Waals surface area contributed by atoms with E-state index in [0.717, 1.165) is 32.0 Å². The summed E-state index contributed by atoms with van der Waals surface area (Å²) in [5.74, 6) is 0.957. The Morgan fingerprint density at radius 2 is 1.94 bits per heavy atom. The van der Waals surface area contributed by atoms with Gasteiger partial charge in [0.05, 0.1) is 0 Å². The first-order valence-corrected chi connectivity index (χ1v) is 6.94. The molecule has 0 amide bonds. The Morgan fingerprint density at radius 3 is 2.44 bits per heavy atom. The van der Waals surface area contributed by atoms with Gasteiger partial charge in [-0.25, -0.2) is 5.10 Å². The van der Waals surface area contributed by atoms with Crippen molar-refractivity contribution < 1.29 is 0 Å². The van der Waals surface area contributed by atoms with Crippen LogP contribution in [0.25, 0.3) is 0 Å². The second-order valence-electron chi connectivity index (χ2n) is 5.08. The van der Waals surface area contributed by atoms with Gasteiger partial charge < -0.3 is 9.80 Å². The van der Waals surface area contributed by atoms with Crippen LogP contribution in [-0.4, -0.2) is 53.4 Å². The van der Waals surface area contributed by atoms with E-state index in [2.05, 4.69) is 59.4 Å². The van der Waals surface area contributed by atoms with Crippen LogP contribution in [0.2, 0.25) is 0 Å². The number of rotatable bonds is 7. The second kappa shape index (κ2) is 6.89. The lowest BCUT2D eigenvalue weighted by molar-refractivity contribution is 0.410. The van der Waals surface area contributed by atoms with Gasteiger partial charge in [-0.05, 0) is 46.6 Å². The summed E-state index contributed by atoms with van der Waals surface area (Å²) in [6.45, 7) is 9.42. The molecule has 0 saturated carbocycles. The molecule has 0 fully saturated rings. The van der Waals surface area contributed by atoms with Crippen LogP contribution in [0.4, 0.5) is 5.95 Å². The van der Waals surface area contributed by atoms with Gasteiger partial charge in [0, 0.05) is 25.7 Å². The van der Waals surface area contributed by atoms with Gasteiger partial charge in [-0.15, -0.1) is 5.10 Å². The predicted molar refractivity (Wildman–Crippen MR) is 78.9 cm³/mol. The second-order valence-corrected chi connectivity index (χ2v) is 5.47. The van der Waals surface area contributed by atoms with Crippen LogP contribution in [-0.2, 0) is 0 Å². The van der Waals surface area contributed by atoms with E-state index in [1.807, 2.05) is 0 Å². The third kappa shape index (κ3) is 3.81. The Bertz CT molecular complexity index is 407. The summed E-state index contributed by atoms with van der Waals surface area (Å²) in [5, 5.41) is 7.29. The Kier molecular flexibility index (Phi) is 5.81. The Labute approximate surface area is 115 Å². The van der Waals surface area contributed by atoms with Crippen LogP contribution in [0.3, 0.4) is 0 Å². The molecule has 1 heterocycles. The number of H-pyrrole nitrogens is 1. The minimum absolute atomic E-state index is 0.324. The van der Waals surface area contributed by atoms with Crippen molar-refractivity contribution in [2.24, 2.45) is 0 Å². The molecule has 0 unspecified atom stereocenters. The summed E-state index contributed by atoms with van der Waals surface area (Å²) in [6.07, 6.45) is 1.10. The number of aromatic amines is 1. The highest BCUT2D eigenvalue weighted by Crippen LogP contribution is 2.17. The van der Waals surface area contributed by atoms with Crippen LogP contribution in [0.5, 0.6) is 0 Å². The number of anilines is 1. The predicted octanol–water partition coefficient (Wildman–Crippen LogP) is 2.30. The summed E-state index contributed by atoms with van der Waals surface area (Å²) in [7, 11) is 4.17. The highest BCUT2D eigenvalue weighted by molar-refractivity contribution is 7.71. The average molecular weight is 271 g/mol. The normalized spacial score (nSPS) is 11.5. The van der Waals surface area contributed by atoms with Gasteiger partial charge >= 0.3 is 0 Å². The van der Waals surface area contributed by atoms with E-state index in [4.69, 9.17) is 12.2 Å². The maximum absolute atomic E-state index is 5.30. The minimum atomic E-state index is 0.324. The molecule has 1 aromatic heterocycles. The number of hydrogen-bond donors (Lipinski definition) is 1. The summed E-state index contributed by atoms with van der Waals surface area (Å²) >= 11 is 5.30. The van der Waals surface area contributed by atoms with Gasteiger partial charge in [0.15, 0.2) is 4.77 Å². The highest BCUT2D eigenvalue weighted by atomic mass is 32.1. The van der Waals surface area contributed by atoms with Gasteiger partial charge in [0.2, 0.25) is 5.95 Å². The number of aromatic nitrogens is 3. The zero-order valence-corrected chi connectivity index (χ0v) is 12.9. The molecule has 18 heavy (non-hydrogen) atoms. The molecule has 0 radical (unpaired) electrons. The molecular weight excluding hydrogens is 246 g/mol. The fraction of sp³-hybridized carbons (Fsp3) is 0.833. The van der Waals surface area contributed by atoms with E-state index in [-0.39, 0.29) is 0 Å². The van der Waals surface area contributed by atoms with E-state index in [1.165, 1.54) is 0 Å². The van der Waals surface area contributed by atoms with Gasteiger partial charge in [-0.1, -0.05) is 6.92 Å². The number of likely N-dealkylation sites (N-methyl/N-ethyl adjacent to an activating group) is 1. The summed E-state index contributed by atoms with van der Waals surface area (Å²) in [4.78, 5) is 4.48. The van der Waals surface area contributed by atoms with Crippen molar-refractivity contribution >= 4 is 18.2 Å². The SMILES string of the molecule is CCCN(CCN(C)C)c1n[nH]c(=S)n1C(C)C. The number of hydrogen-bond acceptors (Lipinski definition) is 4. The molecule has 0 aromatic carbocycles. The maximum atomic E-state index is 5.30. The first-order chi connectivity index (χ1) is 8.47. The van der Waals surface area contributed by atoms with Crippen LogP contribution in [0.15, 0.2) is 0 Å². The molecule has 1 rings (SSSR count). The first kappa shape index (κ1) is 15.2. The Balaban J connectivity index is 2.94. The summed E-state index contributed by atoms with van der Waals surface area (Å²) < 4.78 is 2.78. The van der Waals surface area contributed by atoms with Crippen molar-refractivity contribution in [3.05, 3.63) is 4.77 Å². The van der Waals surface area contributed by atoms with Crippen molar-refractivity contribution in [3.8, 4) is 0 Å². The van der Waals surface area contributed by atoms with E-state index < -0.39 is 0 Å². The third-order valence-electron chi connectivity index (χ3n) is 2.80. The van der Waals surface area contributed by atoms with Crippen molar-refractivity contribution in [1.82, 2.24) is 19.7 Å². The van der Waals surface area contributed by atoms with Crippen molar-refractivity contribution in [2.75, 3.05) is 38.6 Å². The monoisotopic (exact) mass is 271 g/mol. The molecule has 0 spiro atoms. The Morgan fingerprint density at radius 1 is 1.28 bits per heavy atom. The van der Waals surface area contributed by atoms with Crippen LogP contribution in [0.1, 0.15) is 33.2 Å². The zero-order valence-electron chi connectivity index (χ0n) is 12.1. The first-order valence-electron chi connectivity index (χ1n) is 6.54. The number of nitrogens with one attached hydrogen (secondary N) is 1. The molecule has 6 heteroatoms. The topological polar surface area (TPSA) is 40.1 Å². The summed E-state index contributed by atoms with van der Waals surface area (Å²) in [5.41, 5.74) is 0. The van der Waals surface area contributed by atoms with E-state index >= 15 is 0 Å². The molecule has 0 aliphatic carbocycles. The number of nitrogens with zero attached hydrogens (tertiary/aromatic N) is 4. The van der Waals surface area contributed by atoms with Gasteiger partial charge in [-0.2, -0.15) is 0 Å². The molecule has 0 aliphatic heterocycles. The lowest BCUT2D eigenvalue weighted by atomic mass is 10.3. The zero-order chi connectivity index (χ0) is 13.7. The van der Waals surface area contributed by atoms with E-state index in [0.29, 0.717) is 10.8 Å². The largest absolute Gasteiger partial charge is 0.340 e. The van der Waals surface area contributed by atoms with Crippen LogP contribution < -0.4 is 4.90 Å². The lowest BCUT2D eigenvalue weighted by Gasteiger charge is -2.26. The molecule has 104 valence electrons. The Hall–Kier alpha value is -0.880. The molecule has 1 aromatic rings. The molecule has 5 nitrogen and oxygen atoms in total. The fourth-order valence-electron chi connectivity index (χ4n) is 1.89. The van der Waals surface area contributed by atoms with Crippen molar-refractivity contribution in [2.45, 2.75) is 33.2 Å². The maximum Gasteiger partial charge on any atom is 0.226 e. The smallest absolute Gasteiger partial charge is 0.226 e. The average Bonchev–Trinajstić information content (AvgIpc) is 2.66. The molecule has 0 saturated heterocycles. The molecule has 1 N–H and O–H groups in total. The van der Waals surface area contributed by atoms with Gasteiger partial charge in [0.1, 0.15) is 0 Å². The lowest BCUT2D eigenvalue weighted by Crippen LogP contribution is -2.34. The van der Waals surface area contributed by atoms with Crippen LogP contribution >= 0.6 is 12.2 Å². The molecular formula is C12H25N5S. The molecule has 0 aliphatic rings. The molecule has 0 atom stereocenters. The standard InChI is InChI=1S/C12H25N5S/c1-6-7-16(9-8-15(4)5)11-13-14-12(18)17(11)10(2)3/h10H,6-9H2,1-5H3,(H,14,18). The highest BCUT2D eigenvalue weighted by Gasteiger charge is 2.15. The van der Waals surface area contributed by atoms with Crippen molar-refractivity contribution in [1.29, 1.82) is 0 Å². The van der Waals surface area contributed by atoms with Gasteiger partial charge in [0.25, 0.3) is 0 Å². The fourth-order valence-corrected chi connectivity index (χ4v) is 2.23. The quantitative estimate of drug-likeness (QED) is 0.773. The van der Waals surface area contributed by atoms with Gasteiger partial charge in [-0.3, -0.25) is 4.57 Å². The third-order valence-corrected chi connectivity index (χ3v) is 3.08. The van der Waals surface area contributed by atoms with Crippen LogP contribution in [0, 0.1) is 4.77 Å². The summed E-state index contributed by atoms with van der Waals surface area (Å²) in [6, 6.07) is 0.324. The minimum Gasteiger partial charge on any atom is -0.340 e. The van der Waals surface area contributed by atoms with E-state index in [9.17, 15) is 0 Å². The van der Waals surface area contributed by atoms with Crippen molar-refractivity contribution in [3.63, 3.8) is 0 Å². The van der Waals surface area contributed by atoms with E-state index in [1.54, 1.807) is 0 Å².